The van der Waals surface area contributed by atoms with Crippen LogP contribution in [0.25, 0.3) is 22.0 Å². The largest absolute Gasteiger partial charge is 0.573 e. The van der Waals surface area contributed by atoms with Crippen LogP contribution in [0.15, 0.2) is 42.5 Å². The van der Waals surface area contributed by atoms with Crippen molar-refractivity contribution in [2.75, 3.05) is 19.7 Å². The van der Waals surface area contributed by atoms with Crippen LogP contribution in [-0.4, -0.2) is 30.6 Å². The van der Waals surface area contributed by atoms with Gasteiger partial charge in [-0.05, 0) is 42.1 Å². The van der Waals surface area contributed by atoms with Crippen LogP contribution < -0.4 is 14.8 Å². The number of benzene rings is 2. The predicted octanol–water partition coefficient (Wildman–Crippen LogP) is 4.75. The Morgan fingerprint density at radius 2 is 1.93 bits per heavy atom. The van der Waals surface area contributed by atoms with Gasteiger partial charge in [0.2, 0.25) is 0 Å². The lowest BCUT2D eigenvalue weighted by molar-refractivity contribution is -0.274. The number of fused-ring (bicyclic) bond motifs is 3. The first-order valence-electron chi connectivity index (χ1n) is 9.30. The smallest absolute Gasteiger partial charge is 0.494 e. The molecule has 0 radical (unpaired) electrons. The summed E-state index contributed by atoms with van der Waals surface area (Å²) >= 11 is 0. The molecule has 3 aromatic rings. The van der Waals surface area contributed by atoms with E-state index in [4.69, 9.17) is 4.74 Å². The fourth-order valence-electron chi connectivity index (χ4n) is 3.69. The summed E-state index contributed by atoms with van der Waals surface area (Å²) in [5, 5.41) is 4.45. The van der Waals surface area contributed by atoms with Gasteiger partial charge in [-0.1, -0.05) is 12.1 Å². The van der Waals surface area contributed by atoms with E-state index in [0.717, 1.165) is 37.0 Å². The first-order valence-corrected chi connectivity index (χ1v) is 9.30. The molecular weight excluding hydrogens is 369 g/mol. The normalized spacial score (nSPS) is 14.6. The number of rotatable bonds is 4. The molecule has 1 N–H and O–H groups in total. The van der Waals surface area contributed by atoms with Crippen molar-refractivity contribution < 1.29 is 22.6 Å². The highest BCUT2D eigenvalue weighted by Gasteiger charge is 2.32. The Morgan fingerprint density at radius 3 is 2.71 bits per heavy atom. The highest BCUT2D eigenvalue weighted by Crippen LogP contribution is 2.38. The minimum absolute atomic E-state index is 0.262. The van der Waals surface area contributed by atoms with Gasteiger partial charge >= 0.3 is 6.36 Å². The molecule has 0 atom stereocenters. The molecule has 0 spiro atoms. The molecule has 0 saturated carbocycles. The van der Waals surface area contributed by atoms with E-state index in [9.17, 15) is 13.2 Å². The Bertz CT molecular complexity index is 995. The van der Waals surface area contributed by atoms with Crippen LogP contribution in [0.5, 0.6) is 11.5 Å². The van der Waals surface area contributed by atoms with Gasteiger partial charge in [-0.3, -0.25) is 0 Å². The number of hydrogen-bond donors (Lipinski definition) is 1. The number of nitrogens with zero attached hydrogens (tertiary/aromatic N) is 1. The Hall–Kier alpha value is -2.67. The molecule has 2 heterocycles. The fourth-order valence-corrected chi connectivity index (χ4v) is 3.69. The summed E-state index contributed by atoms with van der Waals surface area (Å²) in [6.07, 6.45) is -3.85. The number of nitrogens with one attached hydrogen (secondary N) is 1. The molecule has 0 saturated heterocycles. The average molecular weight is 390 g/mol. The van der Waals surface area contributed by atoms with E-state index in [1.807, 2.05) is 18.2 Å². The molecule has 0 fully saturated rings. The summed E-state index contributed by atoms with van der Waals surface area (Å²) in [4.78, 5) is 0. The summed E-state index contributed by atoms with van der Waals surface area (Å²) in [6, 6.07) is 12.4. The third-order valence-corrected chi connectivity index (χ3v) is 4.86. The van der Waals surface area contributed by atoms with Crippen LogP contribution >= 0.6 is 0 Å². The van der Waals surface area contributed by atoms with E-state index in [0.29, 0.717) is 23.5 Å². The summed E-state index contributed by atoms with van der Waals surface area (Å²) in [5.74, 6) is 0.0799. The van der Waals surface area contributed by atoms with E-state index >= 15 is 0 Å². The maximum atomic E-state index is 13.0. The van der Waals surface area contributed by atoms with E-state index < -0.39 is 6.36 Å². The first-order chi connectivity index (χ1) is 13.4. The molecule has 148 valence electrons. The first kappa shape index (κ1) is 18.7. The zero-order valence-corrected chi connectivity index (χ0v) is 15.5. The zero-order valence-electron chi connectivity index (χ0n) is 15.5. The summed E-state index contributed by atoms with van der Waals surface area (Å²) in [7, 11) is 0. The summed E-state index contributed by atoms with van der Waals surface area (Å²) in [5.41, 5.74) is 3.30. The van der Waals surface area contributed by atoms with E-state index in [2.05, 4.69) is 20.7 Å². The van der Waals surface area contributed by atoms with Crippen LogP contribution in [-0.2, 0) is 13.0 Å². The summed E-state index contributed by atoms with van der Waals surface area (Å²) < 4.78 is 50.7. The monoisotopic (exact) mass is 390 g/mol. The van der Waals surface area contributed by atoms with E-state index in [-0.39, 0.29) is 5.75 Å². The molecule has 0 bridgehead atoms. The quantitative estimate of drug-likeness (QED) is 0.698. The van der Waals surface area contributed by atoms with Gasteiger partial charge in [-0.2, -0.15) is 0 Å². The molecule has 1 aliphatic rings. The third-order valence-electron chi connectivity index (χ3n) is 4.86. The molecular formula is C21H21F3N2O2. The Balaban J connectivity index is 1.81. The second-order valence-corrected chi connectivity index (χ2v) is 6.70. The second kappa shape index (κ2) is 7.39. The number of ether oxygens (including phenoxy) is 2. The molecule has 28 heavy (non-hydrogen) atoms. The molecule has 0 aliphatic carbocycles. The van der Waals surface area contributed by atoms with Crippen molar-refractivity contribution in [3.05, 3.63) is 48.2 Å². The molecule has 1 aromatic heterocycles. The van der Waals surface area contributed by atoms with Crippen molar-refractivity contribution in [3.8, 4) is 22.6 Å². The number of alkyl halides is 3. The summed E-state index contributed by atoms with van der Waals surface area (Å²) in [6.45, 7) is 4.76. The van der Waals surface area contributed by atoms with Gasteiger partial charge in [-0.25, -0.2) is 0 Å². The lowest BCUT2D eigenvalue weighted by atomic mass is 10.0. The van der Waals surface area contributed by atoms with Gasteiger partial charge in [0.25, 0.3) is 0 Å². The van der Waals surface area contributed by atoms with Crippen molar-refractivity contribution in [2.24, 2.45) is 0 Å². The van der Waals surface area contributed by atoms with Crippen molar-refractivity contribution in [3.63, 3.8) is 0 Å². The zero-order chi connectivity index (χ0) is 19.7. The highest BCUT2D eigenvalue weighted by atomic mass is 19.4. The maximum Gasteiger partial charge on any atom is 0.573 e. The molecule has 7 heteroatoms. The van der Waals surface area contributed by atoms with Crippen LogP contribution in [0.4, 0.5) is 13.2 Å². The van der Waals surface area contributed by atoms with Crippen molar-refractivity contribution in [1.29, 1.82) is 0 Å². The van der Waals surface area contributed by atoms with Gasteiger partial charge in [0, 0.05) is 48.9 Å². The predicted molar refractivity (Wildman–Crippen MR) is 102 cm³/mol. The SMILES string of the molecule is CCOc1ccc(-c2ccc3cc4n(c3c2)CCNCC4)c(OC(F)(F)F)c1. The molecule has 2 aromatic carbocycles. The Morgan fingerprint density at radius 1 is 1.07 bits per heavy atom. The topological polar surface area (TPSA) is 35.4 Å². The average Bonchev–Trinajstić information content (AvgIpc) is 2.81. The number of halogens is 3. The standard InChI is InChI=1S/C21H21F3N2O2/c1-2-27-17-5-6-18(20(13-17)28-21(22,23)24)14-3-4-15-11-16-7-8-25-9-10-26(16)19(15)12-14/h3-6,11-13,25H,2,7-10H2,1H3. The minimum atomic E-state index is -4.78. The fraction of sp³-hybridized carbons (Fsp3) is 0.333. The van der Waals surface area contributed by atoms with Gasteiger partial charge in [0.1, 0.15) is 11.5 Å². The Labute approximate surface area is 160 Å². The van der Waals surface area contributed by atoms with E-state index in [1.165, 1.54) is 11.8 Å². The van der Waals surface area contributed by atoms with Crippen molar-refractivity contribution in [2.45, 2.75) is 26.3 Å². The van der Waals surface area contributed by atoms with Crippen LogP contribution in [0, 0.1) is 0 Å². The van der Waals surface area contributed by atoms with Gasteiger partial charge < -0.3 is 19.4 Å². The van der Waals surface area contributed by atoms with E-state index in [1.54, 1.807) is 19.1 Å². The van der Waals surface area contributed by atoms with Crippen LogP contribution in [0.2, 0.25) is 0 Å². The van der Waals surface area contributed by atoms with Gasteiger partial charge in [0.05, 0.1) is 6.61 Å². The lowest BCUT2D eigenvalue weighted by Gasteiger charge is -2.15. The molecule has 0 amide bonds. The maximum absolute atomic E-state index is 13.0. The highest BCUT2D eigenvalue weighted by molar-refractivity contribution is 5.87. The number of aromatic nitrogens is 1. The van der Waals surface area contributed by atoms with Gasteiger partial charge in [-0.15, -0.1) is 13.2 Å². The van der Waals surface area contributed by atoms with Crippen molar-refractivity contribution >= 4 is 10.9 Å². The Kier molecular flexibility index (Phi) is 4.93. The molecule has 4 nitrogen and oxygen atoms in total. The minimum Gasteiger partial charge on any atom is -0.494 e. The van der Waals surface area contributed by atoms with Crippen LogP contribution in [0.3, 0.4) is 0 Å². The molecule has 4 rings (SSSR count). The molecule has 0 unspecified atom stereocenters. The van der Waals surface area contributed by atoms with Crippen LogP contribution in [0.1, 0.15) is 12.6 Å². The lowest BCUT2D eigenvalue weighted by Crippen LogP contribution is -2.17. The number of hydrogen-bond acceptors (Lipinski definition) is 3. The van der Waals surface area contributed by atoms with Crippen molar-refractivity contribution in [1.82, 2.24) is 9.88 Å². The third kappa shape index (κ3) is 3.80. The second-order valence-electron chi connectivity index (χ2n) is 6.70. The van der Waals surface area contributed by atoms with Gasteiger partial charge in [0.15, 0.2) is 0 Å². The molecule has 1 aliphatic heterocycles.